The molecule has 1 aliphatic heterocycles. The molecule has 4 rings (SSSR count). The Balaban J connectivity index is 1.28. The molecule has 2 amide bonds. The number of aromatic nitrogens is 2. The number of rotatable bonds is 4. The third-order valence-corrected chi connectivity index (χ3v) is 5.15. The molecule has 1 fully saturated rings. The number of anilines is 1. The van der Waals surface area contributed by atoms with Crippen molar-refractivity contribution < 1.29 is 4.79 Å². The number of carbonyl (C=O) groups is 1. The van der Waals surface area contributed by atoms with Crippen LogP contribution in [0.15, 0.2) is 54.6 Å². The normalized spacial score (nSPS) is 14.6. The van der Waals surface area contributed by atoms with E-state index in [1.165, 1.54) is 5.69 Å². The Hall–Kier alpha value is -3.02. The number of carbonyl (C=O) groups excluding carboxylic acids is 1. The van der Waals surface area contributed by atoms with Gasteiger partial charge in [-0.3, -0.25) is 0 Å². The Labute approximate surface area is 159 Å². The van der Waals surface area contributed by atoms with Gasteiger partial charge in [0.15, 0.2) is 0 Å². The summed E-state index contributed by atoms with van der Waals surface area (Å²) in [4.78, 5) is 21.3. The highest BCUT2D eigenvalue weighted by molar-refractivity contribution is 5.76. The molecule has 140 valence electrons. The van der Waals surface area contributed by atoms with Crippen LogP contribution in [-0.2, 0) is 6.54 Å². The van der Waals surface area contributed by atoms with Crippen LogP contribution in [-0.4, -0.2) is 53.2 Å². The number of nitrogens with one attached hydrogen (secondary N) is 1. The van der Waals surface area contributed by atoms with Crippen molar-refractivity contribution in [1.29, 1.82) is 0 Å². The molecule has 3 aromatic rings. The topological polar surface area (TPSA) is 53.4 Å². The Bertz CT molecular complexity index is 913. The molecule has 0 unspecified atom stereocenters. The fraction of sp³-hybridized carbons (Fsp3) is 0.333. The van der Waals surface area contributed by atoms with Gasteiger partial charge in [0.1, 0.15) is 5.82 Å². The van der Waals surface area contributed by atoms with E-state index in [-0.39, 0.29) is 6.03 Å². The molecular formula is C21H25N5O. The van der Waals surface area contributed by atoms with Gasteiger partial charge in [-0.15, -0.1) is 0 Å². The number of para-hydroxylation sites is 3. The molecule has 1 aliphatic rings. The van der Waals surface area contributed by atoms with Crippen LogP contribution >= 0.6 is 0 Å². The van der Waals surface area contributed by atoms with Crippen LogP contribution in [0.1, 0.15) is 5.82 Å². The molecule has 1 aromatic heterocycles. The molecule has 27 heavy (non-hydrogen) atoms. The number of fused-ring (bicyclic) bond motifs is 1. The van der Waals surface area contributed by atoms with E-state index in [0.29, 0.717) is 6.54 Å². The molecule has 0 radical (unpaired) electrons. The molecule has 2 heterocycles. The van der Waals surface area contributed by atoms with Crippen LogP contribution in [0.25, 0.3) is 11.0 Å². The number of hydrogen-bond donors (Lipinski definition) is 1. The van der Waals surface area contributed by atoms with Crippen LogP contribution < -0.4 is 10.2 Å². The minimum absolute atomic E-state index is 0.0183. The molecule has 0 spiro atoms. The molecule has 6 heteroatoms. The highest BCUT2D eigenvalue weighted by atomic mass is 16.2. The minimum atomic E-state index is 0.0183. The van der Waals surface area contributed by atoms with Gasteiger partial charge in [0.05, 0.1) is 11.0 Å². The van der Waals surface area contributed by atoms with E-state index in [0.717, 1.165) is 49.6 Å². The Morgan fingerprint density at radius 3 is 2.48 bits per heavy atom. The van der Waals surface area contributed by atoms with Gasteiger partial charge in [0.2, 0.25) is 0 Å². The monoisotopic (exact) mass is 363 g/mol. The maximum atomic E-state index is 12.5. The number of hydrogen-bond acceptors (Lipinski definition) is 3. The number of aryl methyl sites for hydroxylation is 1. The maximum absolute atomic E-state index is 12.5. The third-order valence-electron chi connectivity index (χ3n) is 5.15. The second kappa shape index (κ2) is 7.70. The molecule has 2 aromatic carbocycles. The van der Waals surface area contributed by atoms with E-state index >= 15 is 0 Å². The number of urea groups is 1. The number of benzene rings is 2. The smallest absolute Gasteiger partial charge is 0.317 e. The standard InChI is InChI=1S/C21H25N5O/c1-17-23-19-9-5-6-10-20(19)26(17)12-11-22-21(27)25-15-13-24(14-16-25)18-7-3-2-4-8-18/h2-10H,11-16H2,1H3,(H,22,27). The van der Waals surface area contributed by atoms with Crippen molar-refractivity contribution in [1.82, 2.24) is 19.8 Å². The van der Waals surface area contributed by atoms with Crippen molar-refractivity contribution >= 4 is 22.8 Å². The number of amides is 2. The average Bonchev–Trinajstić information content (AvgIpc) is 3.04. The molecular weight excluding hydrogens is 338 g/mol. The summed E-state index contributed by atoms with van der Waals surface area (Å²) in [5, 5.41) is 3.06. The van der Waals surface area contributed by atoms with Gasteiger partial charge in [-0.25, -0.2) is 9.78 Å². The van der Waals surface area contributed by atoms with Gasteiger partial charge >= 0.3 is 6.03 Å². The SMILES string of the molecule is Cc1nc2ccccc2n1CCNC(=O)N1CCN(c2ccccc2)CC1. The number of nitrogens with zero attached hydrogens (tertiary/aromatic N) is 4. The number of piperazine rings is 1. The lowest BCUT2D eigenvalue weighted by Crippen LogP contribution is -2.52. The van der Waals surface area contributed by atoms with Crippen molar-refractivity contribution in [3.8, 4) is 0 Å². The first-order chi connectivity index (χ1) is 13.2. The van der Waals surface area contributed by atoms with Crippen LogP contribution in [0.5, 0.6) is 0 Å². The molecule has 1 saturated heterocycles. The van der Waals surface area contributed by atoms with Crippen molar-refractivity contribution in [2.24, 2.45) is 0 Å². The molecule has 1 N–H and O–H groups in total. The van der Waals surface area contributed by atoms with Gasteiger partial charge in [0, 0.05) is 45.0 Å². The number of imidazole rings is 1. The fourth-order valence-corrected chi connectivity index (χ4v) is 3.67. The lowest BCUT2D eigenvalue weighted by Gasteiger charge is -2.36. The highest BCUT2D eigenvalue weighted by Gasteiger charge is 2.21. The zero-order valence-corrected chi connectivity index (χ0v) is 15.6. The van der Waals surface area contributed by atoms with Crippen LogP contribution in [0, 0.1) is 6.92 Å². The summed E-state index contributed by atoms with van der Waals surface area (Å²) in [5.74, 6) is 0.974. The summed E-state index contributed by atoms with van der Waals surface area (Å²) in [6.45, 7) is 6.54. The zero-order valence-electron chi connectivity index (χ0n) is 15.6. The lowest BCUT2D eigenvalue weighted by molar-refractivity contribution is 0.194. The first-order valence-electron chi connectivity index (χ1n) is 9.47. The first kappa shape index (κ1) is 17.4. The van der Waals surface area contributed by atoms with Crippen molar-refractivity contribution in [2.75, 3.05) is 37.6 Å². The summed E-state index contributed by atoms with van der Waals surface area (Å²) in [6.07, 6.45) is 0. The Morgan fingerprint density at radius 1 is 1.00 bits per heavy atom. The van der Waals surface area contributed by atoms with Gasteiger partial charge in [0.25, 0.3) is 0 Å². The van der Waals surface area contributed by atoms with Gasteiger partial charge in [-0.2, -0.15) is 0 Å². The highest BCUT2D eigenvalue weighted by Crippen LogP contribution is 2.16. The predicted octanol–water partition coefficient (Wildman–Crippen LogP) is 2.88. The average molecular weight is 363 g/mol. The van der Waals surface area contributed by atoms with Gasteiger partial charge in [-0.1, -0.05) is 30.3 Å². The quantitative estimate of drug-likeness (QED) is 0.775. The van der Waals surface area contributed by atoms with E-state index in [2.05, 4.69) is 50.1 Å². The van der Waals surface area contributed by atoms with E-state index in [1.807, 2.05) is 36.1 Å². The van der Waals surface area contributed by atoms with Gasteiger partial charge < -0.3 is 19.7 Å². The summed E-state index contributed by atoms with van der Waals surface area (Å²) in [6, 6.07) is 18.5. The molecule has 0 atom stereocenters. The Morgan fingerprint density at radius 2 is 1.70 bits per heavy atom. The second-order valence-electron chi connectivity index (χ2n) is 6.84. The predicted molar refractivity (Wildman–Crippen MR) is 108 cm³/mol. The Kier molecular flexibility index (Phi) is 4.96. The van der Waals surface area contributed by atoms with Crippen LogP contribution in [0.2, 0.25) is 0 Å². The lowest BCUT2D eigenvalue weighted by atomic mass is 10.2. The maximum Gasteiger partial charge on any atom is 0.317 e. The van der Waals surface area contributed by atoms with Crippen LogP contribution in [0.3, 0.4) is 0 Å². The van der Waals surface area contributed by atoms with Crippen molar-refractivity contribution in [3.63, 3.8) is 0 Å². The van der Waals surface area contributed by atoms with E-state index in [1.54, 1.807) is 0 Å². The van der Waals surface area contributed by atoms with E-state index in [4.69, 9.17) is 0 Å². The fourth-order valence-electron chi connectivity index (χ4n) is 3.67. The van der Waals surface area contributed by atoms with Crippen molar-refractivity contribution in [3.05, 3.63) is 60.4 Å². The first-order valence-corrected chi connectivity index (χ1v) is 9.47. The molecule has 0 bridgehead atoms. The molecule has 6 nitrogen and oxygen atoms in total. The summed E-state index contributed by atoms with van der Waals surface area (Å²) >= 11 is 0. The second-order valence-corrected chi connectivity index (χ2v) is 6.84. The van der Waals surface area contributed by atoms with E-state index < -0.39 is 0 Å². The third kappa shape index (κ3) is 3.74. The van der Waals surface area contributed by atoms with Crippen LogP contribution in [0.4, 0.5) is 10.5 Å². The summed E-state index contributed by atoms with van der Waals surface area (Å²) in [5.41, 5.74) is 3.33. The molecule has 0 aliphatic carbocycles. The van der Waals surface area contributed by atoms with Crippen molar-refractivity contribution in [2.45, 2.75) is 13.5 Å². The largest absolute Gasteiger partial charge is 0.368 e. The van der Waals surface area contributed by atoms with E-state index in [9.17, 15) is 4.79 Å². The van der Waals surface area contributed by atoms with Gasteiger partial charge in [-0.05, 0) is 31.2 Å². The molecule has 0 saturated carbocycles. The summed E-state index contributed by atoms with van der Waals surface area (Å²) in [7, 11) is 0. The summed E-state index contributed by atoms with van der Waals surface area (Å²) < 4.78 is 2.16. The minimum Gasteiger partial charge on any atom is -0.368 e. The zero-order chi connectivity index (χ0) is 18.6.